The van der Waals surface area contributed by atoms with Crippen LogP contribution in [0.15, 0.2) is 42.5 Å². The number of ether oxygens (including phenoxy) is 1. The van der Waals surface area contributed by atoms with Gasteiger partial charge in [0, 0.05) is 23.3 Å². The van der Waals surface area contributed by atoms with Gasteiger partial charge in [-0.15, -0.1) is 0 Å². The first-order valence-corrected chi connectivity index (χ1v) is 7.45. The minimum atomic E-state index is -1.17. The lowest BCUT2D eigenvalue weighted by Crippen LogP contribution is -2.22. The lowest BCUT2D eigenvalue weighted by molar-refractivity contribution is -0.141. The molecule has 1 atom stereocenters. The van der Waals surface area contributed by atoms with Gasteiger partial charge in [-0.25, -0.2) is 9.59 Å². The van der Waals surface area contributed by atoms with E-state index in [1.807, 2.05) is 0 Å². The van der Waals surface area contributed by atoms with E-state index in [0.717, 1.165) is 0 Å². The van der Waals surface area contributed by atoms with Crippen LogP contribution in [0, 0.1) is 0 Å². The van der Waals surface area contributed by atoms with Gasteiger partial charge in [-0.05, 0) is 37.6 Å². The van der Waals surface area contributed by atoms with Crippen molar-refractivity contribution < 1.29 is 29.3 Å². The standard InChI is InChI=1S/C18H21NO6/c1-10(2)16(21)19-13-5-6-15(17(22)23)12(7-13)8-14(20)9-25-18(24)11(3)4/h5-7,14,20H,1,3,8-9H2,2,4H3,(H,19,21)(H,22,23). The Morgan fingerprint density at radius 1 is 1.20 bits per heavy atom. The molecule has 0 saturated heterocycles. The Kier molecular flexibility index (Phi) is 7.07. The number of anilines is 1. The quantitative estimate of drug-likeness (QED) is 0.489. The van der Waals surface area contributed by atoms with Gasteiger partial charge in [-0.2, -0.15) is 0 Å². The van der Waals surface area contributed by atoms with E-state index in [1.165, 1.54) is 25.1 Å². The monoisotopic (exact) mass is 347 g/mol. The second-order valence-corrected chi connectivity index (χ2v) is 5.65. The van der Waals surface area contributed by atoms with Crippen LogP contribution in [0.3, 0.4) is 0 Å². The maximum absolute atomic E-state index is 11.7. The highest BCUT2D eigenvalue weighted by atomic mass is 16.5. The van der Waals surface area contributed by atoms with E-state index in [-0.39, 0.29) is 24.2 Å². The second kappa shape index (κ2) is 8.79. The molecule has 0 saturated carbocycles. The van der Waals surface area contributed by atoms with Crippen molar-refractivity contribution in [3.8, 4) is 0 Å². The van der Waals surface area contributed by atoms with E-state index in [1.54, 1.807) is 6.92 Å². The number of aliphatic hydroxyl groups is 1. The van der Waals surface area contributed by atoms with Gasteiger partial charge in [-0.3, -0.25) is 4.79 Å². The molecule has 7 nitrogen and oxygen atoms in total. The van der Waals surface area contributed by atoms with Crippen LogP contribution in [0.4, 0.5) is 5.69 Å². The van der Waals surface area contributed by atoms with Crippen molar-refractivity contribution in [2.45, 2.75) is 26.4 Å². The fourth-order valence-electron chi connectivity index (χ4n) is 1.89. The van der Waals surface area contributed by atoms with E-state index in [4.69, 9.17) is 4.74 Å². The molecule has 1 amide bonds. The predicted molar refractivity (Wildman–Crippen MR) is 92.3 cm³/mol. The molecule has 1 rings (SSSR count). The first-order chi connectivity index (χ1) is 11.6. The Hall–Kier alpha value is -2.93. The largest absolute Gasteiger partial charge is 0.478 e. The smallest absolute Gasteiger partial charge is 0.335 e. The number of nitrogens with one attached hydrogen (secondary N) is 1. The fourth-order valence-corrected chi connectivity index (χ4v) is 1.89. The number of benzene rings is 1. The summed E-state index contributed by atoms with van der Waals surface area (Å²) in [6.45, 7) is 9.67. The molecule has 0 radical (unpaired) electrons. The number of carboxylic acids is 1. The average molecular weight is 347 g/mol. The van der Waals surface area contributed by atoms with Crippen molar-refractivity contribution in [1.29, 1.82) is 0 Å². The Morgan fingerprint density at radius 3 is 2.36 bits per heavy atom. The van der Waals surface area contributed by atoms with Gasteiger partial charge in [0.05, 0.1) is 11.7 Å². The van der Waals surface area contributed by atoms with Crippen molar-refractivity contribution in [2.24, 2.45) is 0 Å². The zero-order chi connectivity index (χ0) is 19.1. The number of carbonyl (C=O) groups is 3. The van der Waals surface area contributed by atoms with Gasteiger partial charge in [0.25, 0.3) is 5.91 Å². The predicted octanol–water partition coefficient (Wildman–Crippen LogP) is 1.92. The summed E-state index contributed by atoms with van der Waals surface area (Å²) in [5, 5.41) is 21.8. The third-order valence-corrected chi connectivity index (χ3v) is 3.19. The molecule has 0 aromatic heterocycles. The second-order valence-electron chi connectivity index (χ2n) is 5.65. The van der Waals surface area contributed by atoms with Gasteiger partial charge < -0.3 is 20.3 Å². The van der Waals surface area contributed by atoms with Gasteiger partial charge in [0.1, 0.15) is 6.61 Å². The first-order valence-electron chi connectivity index (χ1n) is 7.45. The number of esters is 1. The van der Waals surface area contributed by atoms with Crippen LogP contribution in [0.5, 0.6) is 0 Å². The molecule has 0 spiro atoms. The lowest BCUT2D eigenvalue weighted by atomic mass is 10.0. The molecule has 1 unspecified atom stereocenters. The molecule has 0 aliphatic rings. The van der Waals surface area contributed by atoms with Crippen molar-refractivity contribution in [2.75, 3.05) is 11.9 Å². The van der Waals surface area contributed by atoms with E-state index in [0.29, 0.717) is 16.8 Å². The molecule has 3 N–H and O–H groups in total. The molecular formula is C18H21NO6. The molecule has 0 fully saturated rings. The third-order valence-electron chi connectivity index (χ3n) is 3.19. The molecule has 0 aliphatic heterocycles. The highest BCUT2D eigenvalue weighted by molar-refractivity contribution is 6.03. The SMILES string of the molecule is C=C(C)C(=O)Nc1ccc(C(=O)O)c(CC(O)COC(=O)C(=C)C)c1. The lowest BCUT2D eigenvalue weighted by Gasteiger charge is -2.14. The number of aliphatic hydroxyl groups excluding tert-OH is 1. The van der Waals surface area contributed by atoms with Gasteiger partial charge in [0.15, 0.2) is 0 Å². The Bertz CT molecular complexity index is 722. The van der Waals surface area contributed by atoms with Crippen molar-refractivity contribution in [3.63, 3.8) is 0 Å². The number of aromatic carboxylic acids is 1. The van der Waals surface area contributed by atoms with E-state index in [9.17, 15) is 24.6 Å². The summed E-state index contributed by atoms with van der Waals surface area (Å²) in [5.41, 5.74) is 1.15. The van der Waals surface area contributed by atoms with Crippen LogP contribution >= 0.6 is 0 Å². The molecule has 0 bridgehead atoms. The average Bonchev–Trinajstić information content (AvgIpc) is 2.52. The molecule has 0 aliphatic carbocycles. The molecular weight excluding hydrogens is 326 g/mol. The normalized spacial score (nSPS) is 11.3. The van der Waals surface area contributed by atoms with Crippen LogP contribution in [0.25, 0.3) is 0 Å². The van der Waals surface area contributed by atoms with Gasteiger partial charge in [0.2, 0.25) is 0 Å². The summed E-state index contributed by atoms with van der Waals surface area (Å²) in [6.07, 6.45) is -1.17. The molecule has 1 aromatic rings. The van der Waals surface area contributed by atoms with Crippen LogP contribution < -0.4 is 5.32 Å². The summed E-state index contributed by atoms with van der Waals surface area (Å²) in [6, 6.07) is 4.23. The van der Waals surface area contributed by atoms with Gasteiger partial charge in [-0.1, -0.05) is 13.2 Å². The number of carboxylic acid groups (broad SMARTS) is 1. The van der Waals surface area contributed by atoms with Crippen molar-refractivity contribution in [1.82, 2.24) is 0 Å². The van der Waals surface area contributed by atoms with Crippen molar-refractivity contribution >= 4 is 23.5 Å². The number of amides is 1. The maximum Gasteiger partial charge on any atom is 0.335 e. The van der Waals surface area contributed by atoms with Crippen LogP contribution in [0.2, 0.25) is 0 Å². The van der Waals surface area contributed by atoms with Crippen LogP contribution in [0.1, 0.15) is 29.8 Å². The number of carbonyl (C=O) groups excluding carboxylic acids is 2. The third kappa shape index (κ3) is 6.23. The highest BCUT2D eigenvalue weighted by Gasteiger charge is 2.17. The number of hydrogen-bond donors (Lipinski definition) is 3. The minimum Gasteiger partial charge on any atom is -0.478 e. The van der Waals surface area contributed by atoms with Crippen LogP contribution in [-0.4, -0.2) is 40.8 Å². The number of hydrogen-bond acceptors (Lipinski definition) is 5. The summed E-state index contributed by atoms with van der Waals surface area (Å²) < 4.78 is 4.85. The first kappa shape index (κ1) is 20.1. The zero-order valence-electron chi connectivity index (χ0n) is 14.2. The van der Waals surface area contributed by atoms with E-state index < -0.39 is 23.9 Å². The van der Waals surface area contributed by atoms with E-state index >= 15 is 0 Å². The molecule has 25 heavy (non-hydrogen) atoms. The Balaban J connectivity index is 2.92. The highest BCUT2D eigenvalue weighted by Crippen LogP contribution is 2.19. The molecule has 1 aromatic carbocycles. The number of rotatable bonds is 8. The van der Waals surface area contributed by atoms with Crippen molar-refractivity contribution in [3.05, 3.63) is 53.6 Å². The minimum absolute atomic E-state index is 0.0152. The summed E-state index contributed by atoms with van der Waals surface area (Å²) >= 11 is 0. The topological polar surface area (TPSA) is 113 Å². The summed E-state index contributed by atoms with van der Waals surface area (Å²) in [5.74, 6) is -2.20. The molecule has 134 valence electrons. The maximum atomic E-state index is 11.7. The summed E-state index contributed by atoms with van der Waals surface area (Å²) in [4.78, 5) is 34.3. The fraction of sp³-hybridized carbons (Fsp3) is 0.278. The van der Waals surface area contributed by atoms with Gasteiger partial charge >= 0.3 is 11.9 Å². The molecule has 0 heterocycles. The zero-order valence-corrected chi connectivity index (χ0v) is 14.2. The van der Waals surface area contributed by atoms with Crippen LogP contribution in [-0.2, 0) is 20.7 Å². The molecule has 7 heteroatoms. The Morgan fingerprint density at radius 2 is 1.84 bits per heavy atom. The Labute approximate surface area is 145 Å². The van der Waals surface area contributed by atoms with E-state index in [2.05, 4.69) is 18.5 Å². The summed E-state index contributed by atoms with van der Waals surface area (Å²) in [7, 11) is 0.